The van der Waals surface area contributed by atoms with Gasteiger partial charge in [0.1, 0.15) is 5.75 Å². The number of ether oxygens (including phenoxy) is 1. The van der Waals surface area contributed by atoms with Crippen LogP contribution in [-0.2, 0) is 5.41 Å². The summed E-state index contributed by atoms with van der Waals surface area (Å²) >= 11 is 5.90. The minimum absolute atomic E-state index is 0.196. The molecule has 0 radical (unpaired) electrons. The predicted molar refractivity (Wildman–Crippen MR) is 94.5 cm³/mol. The average Bonchev–Trinajstić information content (AvgIpc) is 2.53. The quantitative estimate of drug-likeness (QED) is 0.850. The van der Waals surface area contributed by atoms with Gasteiger partial charge in [-0.05, 0) is 35.9 Å². The van der Waals surface area contributed by atoms with Crippen LogP contribution in [0, 0.1) is 0 Å². The number of halogens is 1. The molecule has 0 bridgehead atoms. The molecule has 0 atom stereocenters. The number of rotatable bonds is 5. The third-order valence-corrected chi connectivity index (χ3v) is 3.88. The Hall–Kier alpha value is -2.20. The molecule has 2 aromatic rings. The Labute approximate surface area is 141 Å². The number of amides is 2. The van der Waals surface area contributed by atoms with Crippen molar-refractivity contribution >= 4 is 23.3 Å². The van der Waals surface area contributed by atoms with Gasteiger partial charge in [0.25, 0.3) is 0 Å². The van der Waals surface area contributed by atoms with Crippen LogP contribution in [0.15, 0.2) is 48.5 Å². The number of carbonyl (C=O) groups is 1. The highest BCUT2D eigenvalue weighted by molar-refractivity contribution is 6.30. The second-order valence-corrected chi connectivity index (χ2v) is 6.37. The molecule has 122 valence electrons. The number of hydrogen-bond donors (Lipinski definition) is 2. The number of anilines is 1. The van der Waals surface area contributed by atoms with E-state index in [-0.39, 0.29) is 11.4 Å². The molecule has 5 heteroatoms. The lowest BCUT2D eigenvalue weighted by molar-refractivity contribution is 0.249. The number of nitrogens with one attached hydrogen (secondary N) is 2. The third-order valence-electron chi connectivity index (χ3n) is 3.64. The number of methoxy groups -OCH3 is 1. The highest BCUT2D eigenvalue weighted by Gasteiger charge is 2.21. The van der Waals surface area contributed by atoms with E-state index in [9.17, 15) is 4.79 Å². The highest BCUT2D eigenvalue weighted by atomic mass is 35.5. The summed E-state index contributed by atoms with van der Waals surface area (Å²) in [7, 11) is 1.64. The lowest BCUT2D eigenvalue weighted by atomic mass is 9.84. The molecule has 0 heterocycles. The van der Waals surface area contributed by atoms with Gasteiger partial charge in [0.2, 0.25) is 0 Å². The fourth-order valence-corrected chi connectivity index (χ4v) is 2.38. The van der Waals surface area contributed by atoms with Gasteiger partial charge in [-0.2, -0.15) is 0 Å². The minimum Gasteiger partial charge on any atom is -0.497 e. The Bertz CT molecular complexity index is 669. The van der Waals surface area contributed by atoms with Gasteiger partial charge in [-0.25, -0.2) is 4.79 Å². The molecular weight excluding hydrogens is 312 g/mol. The fourth-order valence-electron chi connectivity index (χ4n) is 2.19. The molecular formula is C18H21ClN2O2. The highest BCUT2D eigenvalue weighted by Crippen LogP contribution is 2.24. The van der Waals surface area contributed by atoms with E-state index < -0.39 is 0 Å². The summed E-state index contributed by atoms with van der Waals surface area (Å²) in [6, 6.07) is 14.7. The van der Waals surface area contributed by atoms with Crippen molar-refractivity contribution in [3.63, 3.8) is 0 Å². The van der Waals surface area contributed by atoms with E-state index in [0.29, 0.717) is 17.3 Å². The molecule has 0 aliphatic heterocycles. The smallest absolute Gasteiger partial charge is 0.319 e. The predicted octanol–water partition coefficient (Wildman–Crippen LogP) is 4.45. The van der Waals surface area contributed by atoms with Crippen LogP contribution in [0.25, 0.3) is 0 Å². The molecule has 0 fully saturated rings. The van der Waals surface area contributed by atoms with E-state index in [2.05, 4.69) is 24.5 Å². The Balaban J connectivity index is 1.93. The lowest BCUT2D eigenvalue weighted by Gasteiger charge is -2.26. The molecule has 0 saturated heterocycles. The van der Waals surface area contributed by atoms with Gasteiger partial charge in [0.15, 0.2) is 0 Å². The first-order chi connectivity index (χ1) is 10.9. The summed E-state index contributed by atoms with van der Waals surface area (Å²) in [6.07, 6.45) is 0. The van der Waals surface area contributed by atoms with Crippen molar-refractivity contribution in [1.29, 1.82) is 0 Å². The van der Waals surface area contributed by atoms with E-state index in [4.69, 9.17) is 16.3 Å². The molecule has 0 aliphatic rings. The zero-order valence-corrected chi connectivity index (χ0v) is 14.3. The van der Waals surface area contributed by atoms with Gasteiger partial charge in [-0.15, -0.1) is 0 Å². The molecule has 2 rings (SSSR count). The van der Waals surface area contributed by atoms with Crippen molar-refractivity contribution in [3.05, 3.63) is 59.1 Å². The fraction of sp³-hybridized carbons (Fsp3) is 0.278. The van der Waals surface area contributed by atoms with Crippen LogP contribution < -0.4 is 15.4 Å². The van der Waals surface area contributed by atoms with Crippen molar-refractivity contribution in [1.82, 2.24) is 5.32 Å². The molecule has 2 N–H and O–H groups in total. The first kappa shape index (κ1) is 17.2. The summed E-state index contributed by atoms with van der Waals surface area (Å²) < 4.78 is 5.17. The standard InChI is InChI=1S/C18H21ClN2O2/c1-18(2,13-7-9-16(23-3)10-8-13)12-20-17(22)21-15-6-4-5-14(19)11-15/h4-11H,12H2,1-3H3,(H2,20,21,22). The maximum absolute atomic E-state index is 12.0. The van der Waals surface area contributed by atoms with Crippen LogP contribution in [0.2, 0.25) is 5.02 Å². The molecule has 23 heavy (non-hydrogen) atoms. The zero-order chi connectivity index (χ0) is 16.9. The van der Waals surface area contributed by atoms with Crippen LogP contribution in [0.5, 0.6) is 5.75 Å². The molecule has 0 unspecified atom stereocenters. The van der Waals surface area contributed by atoms with Crippen LogP contribution in [0.4, 0.5) is 10.5 Å². The average molecular weight is 333 g/mol. The lowest BCUT2D eigenvalue weighted by Crippen LogP contribution is -2.38. The van der Waals surface area contributed by atoms with Gasteiger partial charge < -0.3 is 15.4 Å². The SMILES string of the molecule is COc1ccc(C(C)(C)CNC(=O)Nc2cccc(Cl)c2)cc1. The van der Waals surface area contributed by atoms with Gasteiger partial charge >= 0.3 is 6.03 Å². The number of hydrogen-bond acceptors (Lipinski definition) is 2. The van der Waals surface area contributed by atoms with E-state index in [0.717, 1.165) is 11.3 Å². The summed E-state index contributed by atoms with van der Waals surface area (Å²) in [4.78, 5) is 12.0. The first-order valence-electron chi connectivity index (χ1n) is 7.36. The monoisotopic (exact) mass is 332 g/mol. The van der Waals surface area contributed by atoms with E-state index in [1.807, 2.05) is 24.3 Å². The normalized spacial score (nSPS) is 11.0. The molecule has 0 aliphatic carbocycles. The summed E-state index contributed by atoms with van der Waals surface area (Å²) in [6.45, 7) is 4.66. The Morgan fingerprint density at radius 1 is 1.17 bits per heavy atom. The maximum atomic E-state index is 12.0. The Morgan fingerprint density at radius 2 is 1.87 bits per heavy atom. The molecule has 2 aromatic carbocycles. The second kappa shape index (κ2) is 7.38. The van der Waals surface area contributed by atoms with Gasteiger partial charge in [0, 0.05) is 22.7 Å². The van der Waals surface area contributed by atoms with Crippen molar-refractivity contribution in [2.45, 2.75) is 19.3 Å². The molecule has 2 amide bonds. The molecule has 4 nitrogen and oxygen atoms in total. The molecule has 0 saturated carbocycles. The van der Waals surface area contributed by atoms with Crippen molar-refractivity contribution in [2.75, 3.05) is 19.0 Å². The topological polar surface area (TPSA) is 50.4 Å². The van der Waals surface area contributed by atoms with Crippen LogP contribution in [-0.4, -0.2) is 19.7 Å². The number of benzene rings is 2. The maximum Gasteiger partial charge on any atom is 0.319 e. The van der Waals surface area contributed by atoms with Gasteiger partial charge in [-0.3, -0.25) is 0 Å². The Morgan fingerprint density at radius 3 is 2.48 bits per heavy atom. The van der Waals surface area contributed by atoms with Crippen LogP contribution in [0.3, 0.4) is 0 Å². The van der Waals surface area contributed by atoms with Crippen molar-refractivity contribution in [2.24, 2.45) is 0 Å². The summed E-state index contributed by atoms with van der Waals surface area (Å²) in [5.74, 6) is 0.816. The zero-order valence-electron chi connectivity index (χ0n) is 13.5. The van der Waals surface area contributed by atoms with Crippen LogP contribution >= 0.6 is 11.6 Å². The summed E-state index contributed by atoms with van der Waals surface area (Å²) in [5, 5.41) is 6.25. The largest absolute Gasteiger partial charge is 0.497 e. The Kier molecular flexibility index (Phi) is 5.50. The van der Waals surface area contributed by atoms with Gasteiger partial charge in [-0.1, -0.05) is 43.6 Å². The number of urea groups is 1. The summed E-state index contributed by atoms with van der Waals surface area (Å²) in [5.41, 5.74) is 1.59. The van der Waals surface area contributed by atoms with Gasteiger partial charge in [0.05, 0.1) is 7.11 Å². The number of carbonyl (C=O) groups excluding carboxylic acids is 1. The minimum atomic E-state index is -0.256. The second-order valence-electron chi connectivity index (χ2n) is 5.93. The molecule has 0 spiro atoms. The molecule has 0 aromatic heterocycles. The van der Waals surface area contributed by atoms with E-state index in [1.165, 1.54) is 0 Å². The first-order valence-corrected chi connectivity index (χ1v) is 7.73. The van der Waals surface area contributed by atoms with E-state index in [1.54, 1.807) is 31.4 Å². The third kappa shape index (κ3) is 4.89. The van der Waals surface area contributed by atoms with Crippen molar-refractivity contribution in [3.8, 4) is 5.75 Å². The van der Waals surface area contributed by atoms with Crippen molar-refractivity contribution < 1.29 is 9.53 Å². The van der Waals surface area contributed by atoms with E-state index >= 15 is 0 Å². The van der Waals surface area contributed by atoms with Crippen LogP contribution in [0.1, 0.15) is 19.4 Å².